The molecule has 0 unspecified atom stereocenters. The van der Waals surface area contributed by atoms with E-state index in [1.807, 2.05) is 6.07 Å². The molecular formula is C19H15ClFNO3. The van der Waals surface area contributed by atoms with Crippen LogP contribution in [0.5, 0.6) is 11.5 Å². The number of nitrogens with zero attached hydrogens (tertiary/aromatic N) is 1. The molecule has 0 fully saturated rings. The Labute approximate surface area is 148 Å². The number of pyridine rings is 1. The number of methoxy groups -OCH3 is 1. The first-order chi connectivity index (χ1) is 12.0. The van der Waals surface area contributed by atoms with Crippen LogP contribution in [0.3, 0.4) is 0 Å². The van der Waals surface area contributed by atoms with Gasteiger partial charge in [0.2, 0.25) is 0 Å². The number of carbonyl (C=O) groups is 1. The molecule has 3 rings (SSSR count). The third-order valence-electron chi connectivity index (χ3n) is 4.13. The summed E-state index contributed by atoms with van der Waals surface area (Å²) < 4.78 is 18.7. The van der Waals surface area contributed by atoms with Crippen molar-refractivity contribution in [2.24, 2.45) is 0 Å². The van der Waals surface area contributed by atoms with Gasteiger partial charge in [-0.05, 0) is 42.7 Å². The zero-order valence-electron chi connectivity index (χ0n) is 13.6. The maximum Gasteiger partial charge on any atom is 0.154 e. The van der Waals surface area contributed by atoms with E-state index in [0.29, 0.717) is 34.9 Å². The van der Waals surface area contributed by atoms with E-state index in [1.54, 1.807) is 25.3 Å². The Bertz CT molecular complexity index is 988. The van der Waals surface area contributed by atoms with Gasteiger partial charge in [-0.25, -0.2) is 4.39 Å². The number of aldehydes is 1. The van der Waals surface area contributed by atoms with E-state index in [4.69, 9.17) is 16.3 Å². The van der Waals surface area contributed by atoms with Crippen LogP contribution in [-0.2, 0) is 6.42 Å². The molecule has 1 aromatic heterocycles. The number of hydrogen-bond donors (Lipinski definition) is 1. The molecule has 0 radical (unpaired) electrons. The Balaban J connectivity index is 2.13. The minimum Gasteiger partial charge on any atom is -0.505 e. The van der Waals surface area contributed by atoms with Crippen LogP contribution in [0, 0.1) is 12.7 Å². The molecule has 128 valence electrons. The molecule has 0 atom stereocenters. The van der Waals surface area contributed by atoms with Gasteiger partial charge < -0.3 is 9.84 Å². The van der Waals surface area contributed by atoms with E-state index >= 15 is 0 Å². The molecule has 0 aliphatic carbocycles. The number of phenolic OH excluding ortho intramolecular Hbond substituents is 1. The summed E-state index contributed by atoms with van der Waals surface area (Å²) in [5.74, 6) is -0.147. The number of rotatable bonds is 4. The van der Waals surface area contributed by atoms with Crippen molar-refractivity contribution in [1.82, 2.24) is 4.98 Å². The number of phenols is 1. The van der Waals surface area contributed by atoms with Crippen molar-refractivity contribution in [1.29, 1.82) is 0 Å². The Kier molecular flexibility index (Phi) is 4.59. The van der Waals surface area contributed by atoms with E-state index in [0.717, 1.165) is 11.1 Å². The summed E-state index contributed by atoms with van der Waals surface area (Å²) >= 11 is 5.82. The molecule has 0 spiro atoms. The number of benzene rings is 2. The van der Waals surface area contributed by atoms with Crippen molar-refractivity contribution in [2.45, 2.75) is 13.3 Å². The smallest absolute Gasteiger partial charge is 0.154 e. The monoisotopic (exact) mass is 359 g/mol. The van der Waals surface area contributed by atoms with Crippen LogP contribution in [0.15, 0.2) is 30.5 Å². The van der Waals surface area contributed by atoms with Crippen LogP contribution in [0.1, 0.15) is 27.0 Å². The molecular weight excluding hydrogens is 345 g/mol. The van der Waals surface area contributed by atoms with Crippen LogP contribution in [0.25, 0.3) is 10.9 Å². The first-order valence-corrected chi connectivity index (χ1v) is 7.91. The third-order valence-corrected chi connectivity index (χ3v) is 4.42. The Hall–Kier alpha value is -2.66. The van der Waals surface area contributed by atoms with Crippen molar-refractivity contribution in [3.05, 3.63) is 63.6 Å². The van der Waals surface area contributed by atoms with Gasteiger partial charge in [0.1, 0.15) is 17.1 Å². The van der Waals surface area contributed by atoms with Crippen LogP contribution in [0.4, 0.5) is 4.39 Å². The third kappa shape index (κ3) is 3.03. The molecule has 1 N–H and O–H groups in total. The molecule has 0 saturated carbocycles. The second-order valence-electron chi connectivity index (χ2n) is 5.70. The maximum absolute atomic E-state index is 13.3. The second kappa shape index (κ2) is 6.69. The maximum atomic E-state index is 13.3. The van der Waals surface area contributed by atoms with Crippen molar-refractivity contribution >= 4 is 28.8 Å². The van der Waals surface area contributed by atoms with Crippen LogP contribution < -0.4 is 4.74 Å². The largest absolute Gasteiger partial charge is 0.505 e. The number of aromatic hydroxyl groups is 1. The fraction of sp³-hybridized carbons (Fsp3) is 0.158. The summed E-state index contributed by atoms with van der Waals surface area (Å²) in [4.78, 5) is 15.5. The molecule has 0 saturated heterocycles. The molecule has 6 heteroatoms. The summed E-state index contributed by atoms with van der Waals surface area (Å²) in [6.45, 7) is 1.70. The fourth-order valence-electron chi connectivity index (χ4n) is 2.89. The van der Waals surface area contributed by atoms with Crippen molar-refractivity contribution in [3.8, 4) is 11.5 Å². The van der Waals surface area contributed by atoms with Gasteiger partial charge >= 0.3 is 0 Å². The lowest BCUT2D eigenvalue weighted by molar-refractivity contribution is 0.112. The molecule has 25 heavy (non-hydrogen) atoms. The van der Waals surface area contributed by atoms with Gasteiger partial charge in [0.05, 0.1) is 17.7 Å². The average Bonchev–Trinajstić information content (AvgIpc) is 2.59. The van der Waals surface area contributed by atoms with Crippen LogP contribution in [0.2, 0.25) is 5.02 Å². The van der Waals surface area contributed by atoms with Crippen molar-refractivity contribution in [3.63, 3.8) is 0 Å². The van der Waals surface area contributed by atoms with Gasteiger partial charge in [0, 0.05) is 17.1 Å². The predicted molar refractivity (Wildman–Crippen MR) is 94.3 cm³/mol. The lowest BCUT2D eigenvalue weighted by atomic mass is 9.99. The highest BCUT2D eigenvalue weighted by molar-refractivity contribution is 6.30. The fourth-order valence-corrected chi connectivity index (χ4v) is 3.09. The van der Waals surface area contributed by atoms with Gasteiger partial charge in [-0.3, -0.25) is 9.78 Å². The summed E-state index contributed by atoms with van der Waals surface area (Å²) in [5, 5.41) is 11.0. The van der Waals surface area contributed by atoms with E-state index < -0.39 is 5.82 Å². The number of aromatic nitrogens is 1. The average molecular weight is 360 g/mol. The Morgan fingerprint density at radius 1 is 1.32 bits per heavy atom. The highest BCUT2D eigenvalue weighted by Gasteiger charge is 2.18. The van der Waals surface area contributed by atoms with E-state index in [1.165, 1.54) is 13.2 Å². The number of halogens is 2. The van der Waals surface area contributed by atoms with Crippen molar-refractivity contribution in [2.75, 3.05) is 7.11 Å². The molecule has 0 bridgehead atoms. The lowest BCUT2D eigenvalue weighted by Crippen LogP contribution is -1.99. The molecule has 0 amide bonds. The highest BCUT2D eigenvalue weighted by Crippen LogP contribution is 2.38. The lowest BCUT2D eigenvalue weighted by Gasteiger charge is -2.14. The quantitative estimate of drug-likeness (QED) is 0.699. The molecule has 2 aromatic carbocycles. The minimum absolute atomic E-state index is 0.0629. The predicted octanol–water partition coefficient (Wildman–Crippen LogP) is 4.45. The highest BCUT2D eigenvalue weighted by atomic mass is 35.5. The molecule has 0 aliphatic rings. The normalized spacial score (nSPS) is 10.9. The molecule has 3 aromatic rings. The Morgan fingerprint density at radius 2 is 2.08 bits per heavy atom. The van der Waals surface area contributed by atoms with E-state index in [9.17, 15) is 14.3 Å². The van der Waals surface area contributed by atoms with Gasteiger partial charge in [0.25, 0.3) is 0 Å². The van der Waals surface area contributed by atoms with Gasteiger partial charge in [0.15, 0.2) is 12.0 Å². The standard InChI is InChI=1S/C19H15ClFNO3/c1-10-14(9-23)18(24)17-13(19(10)25-2)6-12(8-22-17)5-11-3-4-16(21)15(20)7-11/h3-4,6-9,24H,5H2,1-2H3. The van der Waals surface area contributed by atoms with Crippen molar-refractivity contribution < 1.29 is 19.0 Å². The van der Waals surface area contributed by atoms with Gasteiger partial charge in [-0.2, -0.15) is 0 Å². The summed E-state index contributed by atoms with van der Waals surface area (Å²) in [6.07, 6.45) is 2.67. The summed E-state index contributed by atoms with van der Waals surface area (Å²) in [7, 11) is 1.50. The van der Waals surface area contributed by atoms with Crippen LogP contribution in [-0.4, -0.2) is 23.5 Å². The molecule has 4 nitrogen and oxygen atoms in total. The minimum atomic E-state index is -0.467. The van der Waals surface area contributed by atoms with Gasteiger partial charge in [-0.1, -0.05) is 17.7 Å². The van der Waals surface area contributed by atoms with E-state index in [2.05, 4.69) is 4.98 Å². The Morgan fingerprint density at radius 3 is 2.72 bits per heavy atom. The summed E-state index contributed by atoms with van der Waals surface area (Å²) in [5.41, 5.74) is 2.68. The zero-order chi connectivity index (χ0) is 18.1. The van der Waals surface area contributed by atoms with Gasteiger partial charge in [-0.15, -0.1) is 0 Å². The first-order valence-electron chi connectivity index (χ1n) is 7.53. The first kappa shape index (κ1) is 17.2. The topological polar surface area (TPSA) is 59.4 Å². The number of hydrogen-bond acceptors (Lipinski definition) is 4. The second-order valence-corrected chi connectivity index (χ2v) is 6.11. The number of carbonyl (C=O) groups excluding carboxylic acids is 1. The molecule has 0 aliphatic heterocycles. The van der Waals surface area contributed by atoms with E-state index in [-0.39, 0.29) is 16.3 Å². The molecule has 1 heterocycles. The zero-order valence-corrected chi connectivity index (χ0v) is 14.4. The SMILES string of the molecule is COc1c(C)c(C=O)c(O)c2ncc(Cc3ccc(F)c(Cl)c3)cc12. The van der Waals surface area contributed by atoms with Crippen LogP contribution >= 0.6 is 11.6 Å². The number of ether oxygens (including phenoxy) is 1. The number of fused-ring (bicyclic) bond motifs is 1. The summed E-state index contributed by atoms with van der Waals surface area (Å²) in [6, 6.07) is 6.37.